The minimum Gasteiger partial charge on any atom is -0.444 e. The lowest BCUT2D eigenvalue weighted by atomic mass is 9.87. The number of carbonyl (C=O) groups is 2. The largest absolute Gasteiger partial charge is 0.444 e. The molecule has 0 aliphatic carbocycles. The Bertz CT molecular complexity index is 1910. The van der Waals surface area contributed by atoms with Crippen LogP contribution in [0.1, 0.15) is 91.4 Å². The zero-order valence-electron chi connectivity index (χ0n) is 28.4. The highest BCUT2D eigenvalue weighted by Gasteiger charge is 2.29. The number of nitrogens with zero attached hydrogens (tertiary/aromatic N) is 3. The molecule has 12 heteroatoms. The van der Waals surface area contributed by atoms with Crippen LogP contribution >= 0.6 is 11.6 Å². The lowest BCUT2D eigenvalue weighted by Crippen LogP contribution is -2.41. The summed E-state index contributed by atoms with van der Waals surface area (Å²) in [5.74, 6) is 0.173. The highest BCUT2D eigenvalue weighted by molar-refractivity contribution is 6.35. The minimum atomic E-state index is -0.774. The number of nitrogens with one attached hydrogen (secondary N) is 2. The smallest absolute Gasteiger partial charge is 0.412 e. The molecule has 2 saturated heterocycles. The molecule has 2 aliphatic rings. The number of likely N-dealkylation sites (tertiary alicyclic amines) is 1. The highest BCUT2D eigenvalue weighted by atomic mass is 35.5. The van der Waals surface area contributed by atoms with E-state index < -0.39 is 22.9 Å². The number of rotatable bonds is 4. The number of benzene rings is 2. The summed E-state index contributed by atoms with van der Waals surface area (Å²) < 4.78 is 19.0. The van der Waals surface area contributed by atoms with Crippen molar-refractivity contribution in [2.75, 3.05) is 25.0 Å². The number of amides is 2. The van der Waals surface area contributed by atoms with Crippen LogP contribution in [0.15, 0.2) is 41.3 Å². The Kier molecular flexibility index (Phi) is 9.21. The lowest BCUT2D eigenvalue weighted by molar-refractivity contribution is -0.0390. The van der Waals surface area contributed by atoms with Gasteiger partial charge in [0, 0.05) is 47.7 Å². The van der Waals surface area contributed by atoms with Crippen molar-refractivity contribution in [3.8, 4) is 11.1 Å². The van der Waals surface area contributed by atoms with E-state index in [1.807, 2.05) is 45.2 Å². The van der Waals surface area contributed by atoms with Gasteiger partial charge in [0.2, 0.25) is 0 Å². The van der Waals surface area contributed by atoms with Crippen LogP contribution in [0.2, 0.25) is 5.02 Å². The molecule has 48 heavy (non-hydrogen) atoms. The monoisotopic (exact) mass is 677 g/mol. The van der Waals surface area contributed by atoms with Gasteiger partial charge in [-0.3, -0.25) is 10.1 Å². The molecular weight excluding hydrogens is 634 g/mol. The highest BCUT2D eigenvalue weighted by Crippen LogP contribution is 2.41. The third-order valence-corrected chi connectivity index (χ3v) is 8.95. The van der Waals surface area contributed by atoms with Gasteiger partial charge in [-0.05, 0) is 109 Å². The van der Waals surface area contributed by atoms with Gasteiger partial charge in [0.1, 0.15) is 28.6 Å². The number of aromatic nitrogens is 3. The van der Waals surface area contributed by atoms with Crippen molar-refractivity contribution in [2.24, 2.45) is 0 Å². The zero-order valence-corrected chi connectivity index (χ0v) is 29.2. The van der Waals surface area contributed by atoms with Gasteiger partial charge < -0.3 is 24.1 Å². The predicted molar refractivity (Wildman–Crippen MR) is 187 cm³/mol. The fourth-order valence-corrected chi connectivity index (χ4v) is 6.68. The maximum Gasteiger partial charge on any atom is 0.412 e. The number of carbonyl (C=O) groups excluding carboxylic acids is 2. The molecule has 4 heterocycles. The van der Waals surface area contributed by atoms with E-state index in [0.717, 1.165) is 48.4 Å². The second kappa shape index (κ2) is 13.1. The molecule has 2 aliphatic heterocycles. The molecule has 2 amide bonds. The Labute approximate surface area is 284 Å². The average Bonchev–Trinajstić information content (AvgIpc) is 3.47. The van der Waals surface area contributed by atoms with E-state index in [9.17, 15) is 14.4 Å². The lowest BCUT2D eigenvalue weighted by Gasteiger charge is -2.33. The van der Waals surface area contributed by atoms with E-state index in [1.54, 1.807) is 36.4 Å². The summed E-state index contributed by atoms with van der Waals surface area (Å²) in [5.41, 5.74) is 1.76. The first-order valence-electron chi connectivity index (χ1n) is 16.6. The van der Waals surface area contributed by atoms with Crippen LogP contribution < -0.4 is 10.9 Å². The summed E-state index contributed by atoms with van der Waals surface area (Å²) >= 11 is 6.70. The fourth-order valence-electron chi connectivity index (χ4n) is 6.48. The predicted octanol–water partition coefficient (Wildman–Crippen LogP) is 8.36. The standard InChI is InChI=1S/C36H44ClN5O6/c1-35(2,3)47-33(44)39-31-29(23-11-12-26(37)30-25(23)20-42(40-30)28-9-7-8-18-46-28)24-19-22(10-13-27(24)38-32(31)43)21-14-16-41(17-15-21)34(45)48-36(4,5)6/h10-13,19-21,28H,7-9,14-18H2,1-6H3,(H,38,43)(H,39,44). The van der Waals surface area contributed by atoms with Crippen LogP contribution in [0.5, 0.6) is 0 Å². The van der Waals surface area contributed by atoms with Crippen molar-refractivity contribution in [3.63, 3.8) is 0 Å². The molecular formula is C36H44ClN5O6. The minimum absolute atomic E-state index is 0.0685. The molecule has 2 aromatic carbocycles. The maximum absolute atomic E-state index is 13.7. The first kappa shape index (κ1) is 33.8. The molecule has 1 atom stereocenters. The van der Waals surface area contributed by atoms with Crippen molar-refractivity contribution in [1.82, 2.24) is 19.7 Å². The van der Waals surface area contributed by atoms with Crippen molar-refractivity contribution in [2.45, 2.75) is 97.0 Å². The van der Waals surface area contributed by atoms with Crippen LogP contribution in [0.4, 0.5) is 15.3 Å². The number of hydrogen-bond donors (Lipinski definition) is 2. The quantitative estimate of drug-likeness (QED) is 0.222. The maximum atomic E-state index is 13.7. The molecule has 2 fully saturated rings. The molecule has 2 N–H and O–H groups in total. The van der Waals surface area contributed by atoms with Crippen molar-refractivity contribution in [3.05, 3.63) is 57.5 Å². The number of anilines is 1. The van der Waals surface area contributed by atoms with Gasteiger partial charge in [-0.15, -0.1) is 0 Å². The molecule has 6 rings (SSSR count). The van der Waals surface area contributed by atoms with Gasteiger partial charge in [-0.2, -0.15) is 5.10 Å². The molecule has 11 nitrogen and oxygen atoms in total. The van der Waals surface area contributed by atoms with Crippen LogP contribution in [-0.2, 0) is 14.2 Å². The Hall–Kier alpha value is -4.09. The van der Waals surface area contributed by atoms with Crippen molar-refractivity contribution in [1.29, 1.82) is 0 Å². The topological polar surface area (TPSA) is 128 Å². The number of aromatic amines is 1. The summed E-state index contributed by atoms with van der Waals surface area (Å²) in [6, 6.07) is 9.62. The normalized spacial score (nSPS) is 17.9. The van der Waals surface area contributed by atoms with E-state index in [0.29, 0.717) is 46.9 Å². The molecule has 4 aromatic rings. The molecule has 0 radical (unpaired) electrons. The average molecular weight is 678 g/mol. The zero-order chi connectivity index (χ0) is 34.4. The van der Waals surface area contributed by atoms with Crippen LogP contribution in [-0.4, -0.2) is 62.7 Å². The molecule has 1 unspecified atom stereocenters. The van der Waals surface area contributed by atoms with E-state index in [1.165, 1.54) is 0 Å². The van der Waals surface area contributed by atoms with Crippen LogP contribution in [0.3, 0.4) is 0 Å². The first-order valence-corrected chi connectivity index (χ1v) is 17.0. The van der Waals surface area contributed by atoms with Gasteiger partial charge in [-0.25, -0.2) is 14.3 Å². The Morgan fingerprint density at radius 1 is 0.979 bits per heavy atom. The molecule has 0 spiro atoms. The van der Waals surface area contributed by atoms with E-state index in [4.69, 9.17) is 30.9 Å². The molecule has 0 bridgehead atoms. The third kappa shape index (κ3) is 7.32. The van der Waals surface area contributed by atoms with Gasteiger partial charge in [0.25, 0.3) is 5.56 Å². The van der Waals surface area contributed by atoms with E-state index in [-0.39, 0.29) is 23.9 Å². The molecule has 256 valence electrons. The Morgan fingerprint density at radius 3 is 2.38 bits per heavy atom. The van der Waals surface area contributed by atoms with Gasteiger partial charge in [-0.1, -0.05) is 23.7 Å². The number of H-pyrrole nitrogens is 1. The van der Waals surface area contributed by atoms with Crippen molar-refractivity contribution < 1.29 is 23.8 Å². The number of piperidine rings is 1. The molecule has 2 aromatic heterocycles. The second-order valence-corrected chi connectivity index (χ2v) is 15.1. The fraction of sp³-hybridized carbons (Fsp3) is 0.500. The SMILES string of the molecule is CC(C)(C)OC(=O)Nc1c(-c2ccc(Cl)c3nn(C4CCCCO4)cc23)c2cc(C3CCN(C(=O)OC(C)(C)C)CC3)ccc2[nH]c1=O. The number of halogens is 1. The summed E-state index contributed by atoms with van der Waals surface area (Å²) in [6.45, 7) is 12.7. The van der Waals surface area contributed by atoms with E-state index in [2.05, 4.69) is 16.4 Å². The Morgan fingerprint density at radius 2 is 1.71 bits per heavy atom. The third-order valence-electron chi connectivity index (χ3n) is 8.65. The van der Waals surface area contributed by atoms with Crippen LogP contribution in [0, 0.1) is 0 Å². The first-order chi connectivity index (χ1) is 22.7. The van der Waals surface area contributed by atoms with Crippen LogP contribution in [0.25, 0.3) is 32.9 Å². The van der Waals surface area contributed by atoms with Gasteiger partial charge in [0.05, 0.1) is 5.02 Å². The summed E-state index contributed by atoms with van der Waals surface area (Å²) in [5, 5.41) is 9.53. The number of fused-ring (bicyclic) bond motifs is 2. The summed E-state index contributed by atoms with van der Waals surface area (Å²) in [7, 11) is 0. The second-order valence-electron chi connectivity index (χ2n) is 14.7. The summed E-state index contributed by atoms with van der Waals surface area (Å²) in [6.07, 6.45) is 5.02. The van der Waals surface area contributed by atoms with Crippen molar-refractivity contribution >= 4 is 51.3 Å². The number of ether oxygens (including phenoxy) is 3. The van der Waals surface area contributed by atoms with E-state index >= 15 is 0 Å². The number of hydrogen-bond acceptors (Lipinski definition) is 7. The summed E-state index contributed by atoms with van der Waals surface area (Å²) in [4.78, 5) is 44.3. The number of pyridine rings is 1. The molecule has 0 saturated carbocycles. The van der Waals surface area contributed by atoms with Gasteiger partial charge in [0.15, 0.2) is 0 Å². The Balaban J connectivity index is 1.46. The van der Waals surface area contributed by atoms with Gasteiger partial charge >= 0.3 is 12.2 Å².